The number of carbonyl (C=O) groups is 1. The summed E-state index contributed by atoms with van der Waals surface area (Å²) >= 11 is 0. The first-order valence-corrected chi connectivity index (χ1v) is 5.04. The van der Waals surface area contributed by atoms with Crippen LogP contribution in [-0.4, -0.2) is 13.1 Å². The van der Waals surface area contributed by atoms with Crippen molar-refractivity contribution in [3.8, 4) is 0 Å². The van der Waals surface area contributed by atoms with Gasteiger partial charge in [-0.25, -0.2) is 4.39 Å². The summed E-state index contributed by atoms with van der Waals surface area (Å²) in [4.78, 5) is 10.9. The maximum Gasteiger partial charge on any atom is 0.309 e. The normalized spacial score (nSPS) is 10.8. The van der Waals surface area contributed by atoms with Crippen molar-refractivity contribution >= 4 is 12.0 Å². The molecule has 1 aromatic rings. The fourth-order valence-corrected chi connectivity index (χ4v) is 1.54. The first kappa shape index (κ1) is 12.4. The molecule has 0 aliphatic carbocycles. The number of carbonyl (C=O) groups excluding carboxylic acids is 1. The van der Waals surface area contributed by atoms with Gasteiger partial charge in [0.15, 0.2) is 0 Å². The Kier molecular flexibility index (Phi) is 4.23. The molecule has 1 rings (SSSR count). The Morgan fingerprint density at radius 2 is 1.94 bits per heavy atom. The highest BCUT2D eigenvalue weighted by atomic mass is 19.1. The lowest BCUT2D eigenvalue weighted by Crippen LogP contribution is -1.97. The summed E-state index contributed by atoms with van der Waals surface area (Å²) in [5.74, 6) is -0.520. The van der Waals surface area contributed by atoms with E-state index < -0.39 is 0 Å². The van der Waals surface area contributed by atoms with Crippen molar-refractivity contribution in [1.82, 2.24) is 0 Å². The molecule has 0 aliphatic rings. The second-order valence-electron chi connectivity index (χ2n) is 3.64. The zero-order valence-electron chi connectivity index (χ0n) is 9.71. The summed E-state index contributed by atoms with van der Waals surface area (Å²) in [6.07, 6.45) is 3.77. The van der Waals surface area contributed by atoms with Crippen molar-refractivity contribution in [2.75, 3.05) is 7.11 Å². The van der Waals surface area contributed by atoms with Crippen molar-refractivity contribution in [2.45, 2.75) is 20.3 Å². The molecule has 0 atom stereocenters. The van der Waals surface area contributed by atoms with E-state index in [2.05, 4.69) is 4.74 Å². The molecule has 0 spiro atoms. The highest BCUT2D eigenvalue weighted by Crippen LogP contribution is 2.17. The smallest absolute Gasteiger partial charge is 0.309 e. The number of aryl methyl sites for hydroxylation is 2. The van der Waals surface area contributed by atoms with Crippen LogP contribution < -0.4 is 0 Å². The van der Waals surface area contributed by atoms with Gasteiger partial charge in [0.1, 0.15) is 5.82 Å². The van der Waals surface area contributed by atoms with Crippen LogP contribution in [-0.2, 0) is 9.53 Å². The van der Waals surface area contributed by atoms with Gasteiger partial charge in [-0.1, -0.05) is 12.2 Å². The zero-order valence-corrected chi connectivity index (χ0v) is 9.71. The number of hydrogen-bond donors (Lipinski definition) is 0. The number of ether oxygens (including phenoxy) is 1. The Hall–Kier alpha value is -1.64. The second kappa shape index (κ2) is 5.45. The third kappa shape index (κ3) is 3.19. The van der Waals surface area contributed by atoms with Gasteiger partial charge in [0.05, 0.1) is 13.5 Å². The summed E-state index contributed by atoms with van der Waals surface area (Å²) in [6, 6.07) is 2.95. The summed E-state index contributed by atoms with van der Waals surface area (Å²) in [7, 11) is 1.35. The molecule has 2 nitrogen and oxygen atoms in total. The number of esters is 1. The lowest BCUT2D eigenvalue weighted by Gasteiger charge is -2.05. The predicted molar refractivity (Wildman–Crippen MR) is 61.5 cm³/mol. The minimum Gasteiger partial charge on any atom is -0.469 e. The molecule has 0 radical (unpaired) electrons. The monoisotopic (exact) mass is 222 g/mol. The largest absolute Gasteiger partial charge is 0.469 e. The van der Waals surface area contributed by atoms with Gasteiger partial charge in [-0.05, 0) is 42.7 Å². The van der Waals surface area contributed by atoms with E-state index in [0.717, 1.165) is 16.7 Å². The molecule has 1 aromatic carbocycles. The Morgan fingerprint density at radius 3 is 2.44 bits per heavy atom. The van der Waals surface area contributed by atoms with Gasteiger partial charge in [0.2, 0.25) is 0 Å². The Bertz CT molecular complexity index is 399. The molecular weight excluding hydrogens is 207 g/mol. The molecule has 0 amide bonds. The van der Waals surface area contributed by atoms with E-state index in [1.165, 1.54) is 19.2 Å². The van der Waals surface area contributed by atoms with E-state index in [1.807, 2.05) is 19.9 Å². The van der Waals surface area contributed by atoms with Crippen LogP contribution in [0, 0.1) is 19.7 Å². The van der Waals surface area contributed by atoms with Gasteiger partial charge in [-0.3, -0.25) is 4.79 Å². The van der Waals surface area contributed by atoms with Crippen LogP contribution >= 0.6 is 0 Å². The molecule has 3 heteroatoms. The average molecular weight is 222 g/mol. The van der Waals surface area contributed by atoms with Crippen LogP contribution in [0.5, 0.6) is 0 Å². The van der Waals surface area contributed by atoms with E-state index in [9.17, 15) is 9.18 Å². The van der Waals surface area contributed by atoms with Crippen LogP contribution in [0.4, 0.5) is 4.39 Å². The van der Waals surface area contributed by atoms with E-state index in [-0.39, 0.29) is 18.2 Å². The van der Waals surface area contributed by atoms with Crippen molar-refractivity contribution in [3.05, 3.63) is 40.7 Å². The third-order valence-electron chi connectivity index (χ3n) is 2.36. The fraction of sp³-hybridized carbons (Fsp3) is 0.308. The molecule has 0 heterocycles. The van der Waals surface area contributed by atoms with Gasteiger partial charge in [0, 0.05) is 0 Å². The van der Waals surface area contributed by atoms with Crippen molar-refractivity contribution < 1.29 is 13.9 Å². The molecule has 0 bridgehead atoms. The molecule has 0 unspecified atom stereocenters. The van der Waals surface area contributed by atoms with Crippen LogP contribution in [0.15, 0.2) is 18.2 Å². The number of halogens is 1. The van der Waals surface area contributed by atoms with Gasteiger partial charge >= 0.3 is 5.97 Å². The minimum atomic E-state index is -0.284. The lowest BCUT2D eigenvalue weighted by molar-refractivity contribution is -0.139. The summed E-state index contributed by atoms with van der Waals surface area (Å²) in [5, 5.41) is 0. The molecule has 0 N–H and O–H groups in total. The number of rotatable bonds is 3. The molecule has 0 fully saturated rings. The quantitative estimate of drug-likeness (QED) is 0.735. The standard InChI is InChI=1S/C13H15FO2/c1-9-7-11(14)8-10(2)12(9)5-4-6-13(15)16-3/h4-5,7-8H,6H2,1-3H3. The molecule has 0 saturated carbocycles. The Morgan fingerprint density at radius 1 is 1.38 bits per heavy atom. The van der Waals surface area contributed by atoms with Crippen molar-refractivity contribution in [3.63, 3.8) is 0 Å². The SMILES string of the molecule is COC(=O)CC=Cc1c(C)cc(F)cc1C. The third-order valence-corrected chi connectivity index (χ3v) is 2.36. The highest BCUT2D eigenvalue weighted by Gasteiger charge is 2.02. The zero-order chi connectivity index (χ0) is 12.1. The summed E-state index contributed by atoms with van der Waals surface area (Å²) in [5.41, 5.74) is 2.67. The van der Waals surface area contributed by atoms with Gasteiger partial charge in [-0.15, -0.1) is 0 Å². The predicted octanol–water partition coefficient (Wildman–Crippen LogP) is 3.02. The van der Waals surface area contributed by atoms with E-state index in [4.69, 9.17) is 0 Å². The van der Waals surface area contributed by atoms with E-state index in [0.29, 0.717) is 0 Å². The first-order chi connectivity index (χ1) is 7.54. The summed E-state index contributed by atoms with van der Waals surface area (Å²) < 4.78 is 17.5. The van der Waals surface area contributed by atoms with Crippen molar-refractivity contribution in [2.24, 2.45) is 0 Å². The number of methoxy groups -OCH3 is 1. The lowest BCUT2D eigenvalue weighted by atomic mass is 10.0. The molecule has 86 valence electrons. The van der Waals surface area contributed by atoms with Gasteiger partial charge in [-0.2, -0.15) is 0 Å². The van der Waals surface area contributed by atoms with Crippen molar-refractivity contribution in [1.29, 1.82) is 0 Å². The van der Waals surface area contributed by atoms with Crippen LogP contribution in [0.3, 0.4) is 0 Å². The fourth-order valence-electron chi connectivity index (χ4n) is 1.54. The van der Waals surface area contributed by atoms with Crippen LogP contribution in [0.1, 0.15) is 23.1 Å². The van der Waals surface area contributed by atoms with Gasteiger partial charge in [0.25, 0.3) is 0 Å². The topological polar surface area (TPSA) is 26.3 Å². The number of benzene rings is 1. The molecule has 16 heavy (non-hydrogen) atoms. The molecule has 0 aromatic heterocycles. The van der Waals surface area contributed by atoms with E-state index >= 15 is 0 Å². The van der Waals surface area contributed by atoms with Crippen LogP contribution in [0.2, 0.25) is 0 Å². The maximum absolute atomic E-state index is 13.0. The van der Waals surface area contributed by atoms with Gasteiger partial charge < -0.3 is 4.74 Å². The Labute approximate surface area is 94.7 Å². The first-order valence-electron chi connectivity index (χ1n) is 5.04. The highest BCUT2D eigenvalue weighted by molar-refractivity contribution is 5.73. The molecule has 0 saturated heterocycles. The maximum atomic E-state index is 13.0. The average Bonchev–Trinajstić information content (AvgIpc) is 2.21. The van der Waals surface area contributed by atoms with E-state index in [1.54, 1.807) is 6.08 Å². The van der Waals surface area contributed by atoms with Crippen LogP contribution in [0.25, 0.3) is 6.08 Å². The summed E-state index contributed by atoms with van der Waals surface area (Å²) in [6.45, 7) is 3.68. The number of hydrogen-bond acceptors (Lipinski definition) is 2. The minimum absolute atomic E-state index is 0.229. The molecule has 0 aliphatic heterocycles. The molecular formula is C13H15FO2. The second-order valence-corrected chi connectivity index (χ2v) is 3.64. The Balaban J connectivity index is 2.85.